The van der Waals surface area contributed by atoms with Crippen molar-refractivity contribution in [2.75, 3.05) is 38.1 Å². The number of anilines is 2. The van der Waals surface area contributed by atoms with E-state index in [1.807, 2.05) is 35.2 Å². The van der Waals surface area contributed by atoms with Gasteiger partial charge in [0.2, 0.25) is 0 Å². The highest BCUT2D eigenvalue weighted by Crippen LogP contribution is 2.22. The van der Waals surface area contributed by atoms with Crippen LogP contribution >= 0.6 is 11.3 Å². The largest absolute Gasteiger partial charge is 0.368 e. The van der Waals surface area contributed by atoms with Crippen LogP contribution in [0.15, 0.2) is 35.7 Å². The summed E-state index contributed by atoms with van der Waals surface area (Å²) in [6.07, 6.45) is 1.67. The van der Waals surface area contributed by atoms with Crippen LogP contribution in [0.4, 0.5) is 10.8 Å². The number of para-hydroxylation sites is 1. The Morgan fingerprint density at radius 3 is 2.77 bits per heavy atom. The molecular weight excluding hydrogens is 348 g/mol. The summed E-state index contributed by atoms with van der Waals surface area (Å²) in [4.78, 5) is 21.4. The van der Waals surface area contributed by atoms with Crippen molar-refractivity contribution >= 4 is 28.1 Å². The maximum absolute atomic E-state index is 12.4. The van der Waals surface area contributed by atoms with Gasteiger partial charge in [-0.1, -0.05) is 18.2 Å². The Kier molecular flexibility index (Phi) is 5.48. The maximum atomic E-state index is 12.4. The molecule has 0 spiro atoms. The average Bonchev–Trinajstić information content (AvgIpc) is 3.35. The second-order valence-corrected chi connectivity index (χ2v) is 7.60. The topological polar surface area (TPSA) is 57.7 Å². The lowest BCUT2D eigenvalue weighted by molar-refractivity contribution is -0.142. The monoisotopic (exact) mass is 372 g/mol. The fraction of sp³-hybridized carbons (Fsp3) is 0.474. The van der Waals surface area contributed by atoms with Gasteiger partial charge in [0.05, 0.1) is 5.69 Å². The van der Waals surface area contributed by atoms with Crippen LogP contribution < -0.4 is 5.32 Å². The molecule has 3 heterocycles. The van der Waals surface area contributed by atoms with Crippen molar-refractivity contribution in [2.24, 2.45) is 0 Å². The van der Waals surface area contributed by atoms with Crippen molar-refractivity contribution in [3.8, 4) is 0 Å². The highest BCUT2D eigenvalue weighted by atomic mass is 32.1. The summed E-state index contributed by atoms with van der Waals surface area (Å²) < 4.78 is 5.52. The lowest BCUT2D eigenvalue weighted by atomic mass is 10.2. The van der Waals surface area contributed by atoms with E-state index in [0.717, 1.165) is 68.7 Å². The number of amides is 1. The molecule has 1 aromatic heterocycles. The molecule has 2 fully saturated rings. The van der Waals surface area contributed by atoms with Crippen LogP contribution in [0.1, 0.15) is 18.5 Å². The number of benzene rings is 1. The van der Waals surface area contributed by atoms with Gasteiger partial charge >= 0.3 is 0 Å². The Morgan fingerprint density at radius 2 is 2.04 bits per heavy atom. The predicted molar refractivity (Wildman–Crippen MR) is 103 cm³/mol. The second-order valence-electron chi connectivity index (χ2n) is 6.74. The number of hydrogen-bond acceptors (Lipinski definition) is 6. The number of hydrogen-bond donors (Lipinski definition) is 1. The fourth-order valence-corrected chi connectivity index (χ4v) is 4.14. The summed E-state index contributed by atoms with van der Waals surface area (Å²) in [5, 5.41) is 6.36. The van der Waals surface area contributed by atoms with Gasteiger partial charge in [0.1, 0.15) is 6.10 Å². The molecule has 2 aliphatic heterocycles. The van der Waals surface area contributed by atoms with E-state index in [0.29, 0.717) is 0 Å². The molecule has 0 saturated carbocycles. The number of nitrogens with one attached hydrogen (secondary N) is 1. The first-order valence-electron chi connectivity index (χ1n) is 9.17. The number of carbonyl (C=O) groups excluding carboxylic acids is 1. The Morgan fingerprint density at radius 1 is 1.23 bits per heavy atom. The van der Waals surface area contributed by atoms with Crippen molar-refractivity contribution in [3.63, 3.8) is 0 Å². The van der Waals surface area contributed by atoms with Crippen molar-refractivity contribution in [1.29, 1.82) is 0 Å². The highest BCUT2D eigenvalue weighted by Gasteiger charge is 2.30. The van der Waals surface area contributed by atoms with E-state index in [1.54, 1.807) is 11.3 Å². The van der Waals surface area contributed by atoms with Crippen LogP contribution in [-0.2, 0) is 16.1 Å². The van der Waals surface area contributed by atoms with Crippen LogP contribution in [0.3, 0.4) is 0 Å². The summed E-state index contributed by atoms with van der Waals surface area (Å²) in [6, 6.07) is 10.1. The van der Waals surface area contributed by atoms with E-state index >= 15 is 0 Å². The molecule has 1 amide bonds. The molecule has 2 aliphatic rings. The molecule has 138 valence electrons. The van der Waals surface area contributed by atoms with E-state index in [2.05, 4.69) is 20.6 Å². The number of carbonyl (C=O) groups is 1. The summed E-state index contributed by atoms with van der Waals surface area (Å²) in [5.41, 5.74) is 2.13. The van der Waals surface area contributed by atoms with Crippen LogP contribution in [0.25, 0.3) is 0 Å². The molecule has 0 bridgehead atoms. The van der Waals surface area contributed by atoms with Crippen molar-refractivity contribution in [3.05, 3.63) is 41.4 Å². The second kappa shape index (κ2) is 8.16. The minimum atomic E-state index is -0.202. The lowest BCUT2D eigenvalue weighted by Crippen LogP contribution is -2.51. The Labute approximate surface area is 157 Å². The third-order valence-corrected chi connectivity index (χ3v) is 5.66. The van der Waals surface area contributed by atoms with E-state index in [1.165, 1.54) is 0 Å². The maximum Gasteiger partial charge on any atom is 0.251 e. The van der Waals surface area contributed by atoms with Gasteiger partial charge in [-0.05, 0) is 25.0 Å². The molecular formula is C19H24N4O2S. The van der Waals surface area contributed by atoms with Crippen LogP contribution in [-0.4, -0.2) is 59.6 Å². The molecule has 7 heteroatoms. The first kappa shape index (κ1) is 17.5. The first-order chi connectivity index (χ1) is 12.8. The summed E-state index contributed by atoms with van der Waals surface area (Å²) in [7, 11) is 0. The molecule has 0 aliphatic carbocycles. The smallest absolute Gasteiger partial charge is 0.251 e. The summed E-state index contributed by atoms with van der Waals surface area (Å²) in [6.45, 7) is 4.87. The van der Waals surface area contributed by atoms with Crippen molar-refractivity contribution in [1.82, 2.24) is 14.8 Å². The van der Waals surface area contributed by atoms with Gasteiger partial charge in [0, 0.05) is 50.4 Å². The lowest BCUT2D eigenvalue weighted by Gasteiger charge is -2.35. The molecule has 2 saturated heterocycles. The third kappa shape index (κ3) is 4.23. The van der Waals surface area contributed by atoms with E-state index < -0.39 is 0 Å². The predicted octanol–water partition coefficient (Wildman–Crippen LogP) is 2.71. The Balaban J connectivity index is 1.26. The number of ether oxygens (including phenoxy) is 1. The zero-order chi connectivity index (χ0) is 17.8. The van der Waals surface area contributed by atoms with Gasteiger partial charge in [-0.3, -0.25) is 9.69 Å². The van der Waals surface area contributed by atoms with Gasteiger partial charge in [-0.25, -0.2) is 4.98 Å². The average molecular weight is 372 g/mol. The van der Waals surface area contributed by atoms with E-state index in [4.69, 9.17) is 4.74 Å². The van der Waals surface area contributed by atoms with E-state index in [-0.39, 0.29) is 12.0 Å². The minimum Gasteiger partial charge on any atom is -0.368 e. The molecule has 0 radical (unpaired) electrons. The summed E-state index contributed by atoms with van der Waals surface area (Å²) in [5.74, 6) is 0.171. The zero-order valence-electron chi connectivity index (χ0n) is 14.8. The first-order valence-corrected chi connectivity index (χ1v) is 10.0. The minimum absolute atomic E-state index is 0.171. The number of aromatic nitrogens is 1. The van der Waals surface area contributed by atoms with Crippen LogP contribution in [0.5, 0.6) is 0 Å². The molecule has 0 unspecified atom stereocenters. The highest BCUT2D eigenvalue weighted by molar-refractivity contribution is 7.13. The van der Waals surface area contributed by atoms with Gasteiger partial charge < -0.3 is 15.0 Å². The molecule has 6 nitrogen and oxygen atoms in total. The molecule has 4 rings (SSSR count). The van der Waals surface area contributed by atoms with Gasteiger partial charge in [0.25, 0.3) is 5.91 Å². The van der Waals surface area contributed by atoms with E-state index in [9.17, 15) is 4.79 Å². The summed E-state index contributed by atoms with van der Waals surface area (Å²) >= 11 is 1.63. The fourth-order valence-electron chi connectivity index (χ4n) is 3.41. The quantitative estimate of drug-likeness (QED) is 0.875. The molecule has 1 aromatic carbocycles. The van der Waals surface area contributed by atoms with Crippen molar-refractivity contribution in [2.45, 2.75) is 25.5 Å². The normalized spacial score (nSPS) is 21.1. The Bertz CT molecular complexity index is 722. The molecule has 1 N–H and O–H groups in total. The molecule has 2 aromatic rings. The number of rotatable bonds is 5. The number of thiazole rings is 1. The van der Waals surface area contributed by atoms with Gasteiger partial charge in [-0.2, -0.15) is 0 Å². The molecule has 1 atom stereocenters. The van der Waals surface area contributed by atoms with Crippen LogP contribution in [0.2, 0.25) is 0 Å². The SMILES string of the molecule is O=C([C@H]1CCCO1)N1CCN(Cc2csc(Nc3ccccc3)n2)CC1. The zero-order valence-corrected chi connectivity index (χ0v) is 15.6. The number of nitrogens with zero attached hydrogens (tertiary/aromatic N) is 3. The van der Waals surface area contributed by atoms with Gasteiger partial charge in [-0.15, -0.1) is 11.3 Å². The van der Waals surface area contributed by atoms with Crippen molar-refractivity contribution < 1.29 is 9.53 Å². The van der Waals surface area contributed by atoms with Crippen LogP contribution in [0, 0.1) is 0 Å². The standard InChI is InChI=1S/C19H24N4O2S/c24-18(17-7-4-12-25-17)23-10-8-22(9-11-23)13-16-14-26-19(21-16)20-15-5-2-1-3-6-15/h1-3,5-6,14,17H,4,7-13H2,(H,20,21)/t17-/m1/s1. The Hall–Kier alpha value is -1.96. The molecule has 26 heavy (non-hydrogen) atoms. The number of piperazine rings is 1. The van der Waals surface area contributed by atoms with Gasteiger partial charge in [0.15, 0.2) is 5.13 Å². The third-order valence-electron chi connectivity index (χ3n) is 4.85.